The van der Waals surface area contributed by atoms with Crippen molar-refractivity contribution in [2.75, 3.05) is 26.8 Å². The van der Waals surface area contributed by atoms with Gasteiger partial charge in [0, 0.05) is 25.3 Å². The van der Waals surface area contributed by atoms with Crippen LogP contribution in [-0.4, -0.2) is 54.8 Å². The van der Waals surface area contributed by atoms with E-state index in [1.165, 1.54) is 5.56 Å². The highest BCUT2D eigenvalue weighted by atomic mass is 16.5. The van der Waals surface area contributed by atoms with E-state index in [4.69, 9.17) is 9.47 Å². The number of amides is 1. The van der Waals surface area contributed by atoms with Crippen molar-refractivity contribution in [1.29, 1.82) is 0 Å². The van der Waals surface area contributed by atoms with E-state index in [1.54, 1.807) is 25.3 Å². The average Bonchev–Trinajstić information content (AvgIpc) is 3.50. The van der Waals surface area contributed by atoms with Crippen LogP contribution in [0.25, 0.3) is 11.1 Å². The lowest BCUT2D eigenvalue weighted by molar-refractivity contribution is -0.140. The van der Waals surface area contributed by atoms with Crippen LogP contribution in [0.3, 0.4) is 0 Å². The summed E-state index contributed by atoms with van der Waals surface area (Å²) in [6, 6.07) is 13.3. The number of hydrogen-bond donors (Lipinski definition) is 1. The van der Waals surface area contributed by atoms with Crippen LogP contribution in [0.2, 0.25) is 0 Å². The first kappa shape index (κ1) is 21.0. The summed E-state index contributed by atoms with van der Waals surface area (Å²) in [5, 5.41) is 9.35. The molecule has 2 aromatic carbocycles. The van der Waals surface area contributed by atoms with Crippen molar-refractivity contribution in [1.82, 2.24) is 4.90 Å². The molecule has 3 aliphatic rings. The van der Waals surface area contributed by atoms with Crippen LogP contribution in [0.5, 0.6) is 5.75 Å². The zero-order chi connectivity index (χ0) is 22.3. The quantitative estimate of drug-likeness (QED) is 0.756. The summed E-state index contributed by atoms with van der Waals surface area (Å²) >= 11 is 0. The van der Waals surface area contributed by atoms with E-state index in [0.717, 1.165) is 56.3 Å². The molecule has 3 fully saturated rings. The van der Waals surface area contributed by atoms with Gasteiger partial charge in [0.15, 0.2) is 0 Å². The second-order valence-corrected chi connectivity index (χ2v) is 9.31. The monoisotopic (exact) mass is 435 g/mol. The number of likely N-dealkylation sites (tertiary alicyclic amines) is 1. The maximum absolute atomic E-state index is 12.8. The lowest BCUT2D eigenvalue weighted by Gasteiger charge is -2.47. The molecule has 1 amide bonds. The number of methoxy groups -OCH3 is 1. The number of carboxylic acids is 1. The molecule has 1 aliphatic carbocycles. The summed E-state index contributed by atoms with van der Waals surface area (Å²) in [6.45, 7) is 2.35. The van der Waals surface area contributed by atoms with Crippen LogP contribution in [-0.2, 0) is 9.53 Å². The first-order chi connectivity index (χ1) is 15.5. The fraction of sp³-hybridized carbons (Fsp3) is 0.462. The van der Waals surface area contributed by atoms with Gasteiger partial charge in [-0.15, -0.1) is 0 Å². The fourth-order valence-electron chi connectivity index (χ4n) is 5.73. The minimum atomic E-state index is -0.953. The predicted molar refractivity (Wildman–Crippen MR) is 120 cm³/mol. The molecule has 2 aromatic rings. The molecule has 2 aliphatic heterocycles. The Morgan fingerprint density at radius 1 is 1.12 bits per heavy atom. The van der Waals surface area contributed by atoms with Gasteiger partial charge in [0.2, 0.25) is 0 Å². The molecule has 1 N–H and O–H groups in total. The minimum absolute atomic E-state index is 0.172. The molecule has 2 heterocycles. The summed E-state index contributed by atoms with van der Waals surface area (Å²) in [5.41, 5.74) is 3.42. The minimum Gasteiger partial charge on any atom is -0.496 e. The molecule has 0 radical (unpaired) electrons. The van der Waals surface area contributed by atoms with Crippen LogP contribution in [0.1, 0.15) is 53.9 Å². The van der Waals surface area contributed by atoms with Crippen LogP contribution >= 0.6 is 0 Å². The number of carbonyl (C=O) groups is 2. The third-order valence-corrected chi connectivity index (χ3v) is 7.64. The number of rotatable bonds is 5. The molecular formula is C26H29NO5. The lowest BCUT2D eigenvalue weighted by Crippen LogP contribution is -2.44. The van der Waals surface area contributed by atoms with E-state index >= 15 is 0 Å². The molecule has 0 unspecified atom stereocenters. The summed E-state index contributed by atoms with van der Waals surface area (Å²) < 4.78 is 11.1. The second-order valence-electron chi connectivity index (χ2n) is 9.31. The zero-order valence-corrected chi connectivity index (χ0v) is 18.4. The Kier molecular flexibility index (Phi) is 5.41. The molecule has 5 rings (SSSR count). The number of ether oxygens (including phenoxy) is 2. The van der Waals surface area contributed by atoms with E-state index in [0.29, 0.717) is 18.3 Å². The highest BCUT2D eigenvalue weighted by Crippen LogP contribution is 2.58. The molecule has 1 spiro atoms. The third kappa shape index (κ3) is 3.56. The summed E-state index contributed by atoms with van der Waals surface area (Å²) in [6.07, 6.45) is 4.93. The molecule has 1 saturated carbocycles. The SMILES string of the molecule is COc1ccc(C(=O)O)cc1-c1ccc([C@H]2CC[C@]23CCN(C(=O)[C@H]2CCCO2)C3)cc1. The van der Waals surface area contributed by atoms with Gasteiger partial charge >= 0.3 is 5.97 Å². The molecule has 0 aromatic heterocycles. The standard InChI is InChI=1S/C26H29NO5/c1-31-22-9-8-19(25(29)30)15-20(22)17-4-6-18(7-5-17)21-10-11-26(21)12-13-27(16-26)24(28)23-3-2-14-32-23/h4-9,15,21,23H,2-3,10-14,16H2,1H3,(H,29,30)/t21-,23-,26-/m1/s1. The van der Waals surface area contributed by atoms with Crippen molar-refractivity contribution >= 4 is 11.9 Å². The molecule has 0 bridgehead atoms. The number of carboxylic acid groups (broad SMARTS) is 1. The van der Waals surface area contributed by atoms with Crippen molar-refractivity contribution in [3.05, 3.63) is 53.6 Å². The van der Waals surface area contributed by atoms with Crippen LogP contribution in [0, 0.1) is 5.41 Å². The number of hydrogen-bond acceptors (Lipinski definition) is 4. The first-order valence-electron chi connectivity index (χ1n) is 11.4. The Labute approximate surface area is 188 Å². The first-order valence-corrected chi connectivity index (χ1v) is 11.4. The van der Waals surface area contributed by atoms with E-state index in [9.17, 15) is 14.7 Å². The van der Waals surface area contributed by atoms with Gasteiger partial charge in [-0.1, -0.05) is 24.3 Å². The Bertz CT molecular complexity index is 1030. The van der Waals surface area contributed by atoms with Crippen molar-refractivity contribution in [2.45, 2.75) is 44.1 Å². The van der Waals surface area contributed by atoms with Gasteiger partial charge in [-0.2, -0.15) is 0 Å². The topological polar surface area (TPSA) is 76.1 Å². The maximum atomic E-state index is 12.8. The van der Waals surface area contributed by atoms with E-state index in [2.05, 4.69) is 24.3 Å². The van der Waals surface area contributed by atoms with Gasteiger partial charge in [-0.05, 0) is 72.8 Å². The van der Waals surface area contributed by atoms with Gasteiger partial charge in [0.05, 0.1) is 12.7 Å². The van der Waals surface area contributed by atoms with Crippen molar-refractivity contribution < 1.29 is 24.2 Å². The molecule has 6 nitrogen and oxygen atoms in total. The van der Waals surface area contributed by atoms with Crippen LogP contribution in [0.4, 0.5) is 0 Å². The molecule has 168 valence electrons. The second kappa shape index (κ2) is 8.24. The van der Waals surface area contributed by atoms with Crippen molar-refractivity contribution in [2.24, 2.45) is 5.41 Å². The Balaban J connectivity index is 1.33. The van der Waals surface area contributed by atoms with Gasteiger partial charge in [-0.3, -0.25) is 4.79 Å². The smallest absolute Gasteiger partial charge is 0.335 e. The van der Waals surface area contributed by atoms with Crippen LogP contribution < -0.4 is 4.74 Å². The Hall–Kier alpha value is -2.86. The summed E-state index contributed by atoms with van der Waals surface area (Å²) in [5.74, 6) is 0.323. The van der Waals surface area contributed by atoms with Gasteiger partial charge < -0.3 is 19.5 Å². The van der Waals surface area contributed by atoms with Crippen molar-refractivity contribution in [3.8, 4) is 16.9 Å². The molecular weight excluding hydrogens is 406 g/mol. The van der Waals surface area contributed by atoms with E-state index < -0.39 is 5.97 Å². The Morgan fingerprint density at radius 2 is 1.94 bits per heavy atom. The molecule has 32 heavy (non-hydrogen) atoms. The van der Waals surface area contributed by atoms with Gasteiger partial charge in [0.25, 0.3) is 5.91 Å². The number of nitrogens with zero attached hydrogens (tertiary/aromatic N) is 1. The van der Waals surface area contributed by atoms with Crippen molar-refractivity contribution in [3.63, 3.8) is 0 Å². The normalized spacial score (nSPS) is 26.8. The zero-order valence-electron chi connectivity index (χ0n) is 18.4. The largest absolute Gasteiger partial charge is 0.496 e. The van der Waals surface area contributed by atoms with E-state index in [1.807, 2.05) is 4.90 Å². The lowest BCUT2D eigenvalue weighted by atomic mass is 9.57. The van der Waals surface area contributed by atoms with Crippen LogP contribution in [0.15, 0.2) is 42.5 Å². The van der Waals surface area contributed by atoms with Gasteiger partial charge in [0.1, 0.15) is 11.9 Å². The molecule has 3 atom stereocenters. The Morgan fingerprint density at radius 3 is 2.56 bits per heavy atom. The van der Waals surface area contributed by atoms with Gasteiger partial charge in [-0.25, -0.2) is 4.79 Å². The molecule has 2 saturated heterocycles. The average molecular weight is 436 g/mol. The fourth-order valence-corrected chi connectivity index (χ4v) is 5.73. The number of carbonyl (C=O) groups excluding carboxylic acids is 1. The predicted octanol–water partition coefficient (Wildman–Crippen LogP) is 4.34. The maximum Gasteiger partial charge on any atom is 0.335 e. The summed E-state index contributed by atoms with van der Waals surface area (Å²) in [7, 11) is 1.59. The number of benzene rings is 2. The highest BCUT2D eigenvalue weighted by Gasteiger charge is 2.52. The summed E-state index contributed by atoms with van der Waals surface area (Å²) in [4.78, 5) is 26.2. The highest BCUT2D eigenvalue weighted by molar-refractivity contribution is 5.90. The molecule has 6 heteroatoms. The number of aromatic carboxylic acids is 1. The third-order valence-electron chi connectivity index (χ3n) is 7.64. The van der Waals surface area contributed by atoms with E-state index in [-0.39, 0.29) is 23.0 Å².